The zero-order chi connectivity index (χ0) is 11.2. The van der Waals surface area contributed by atoms with Gasteiger partial charge in [-0.15, -0.1) is 0 Å². The van der Waals surface area contributed by atoms with Crippen LogP contribution in [0.25, 0.3) is 0 Å². The molecule has 0 bridgehead atoms. The van der Waals surface area contributed by atoms with Crippen molar-refractivity contribution in [1.29, 1.82) is 0 Å². The molecule has 0 spiro atoms. The number of aromatic nitrogens is 2. The fourth-order valence-corrected chi connectivity index (χ4v) is 1.69. The van der Waals surface area contributed by atoms with Crippen LogP contribution in [-0.2, 0) is 6.42 Å². The molecule has 0 radical (unpaired) electrons. The highest BCUT2D eigenvalue weighted by molar-refractivity contribution is 5.16. The van der Waals surface area contributed by atoms with E-state index in [1.807, 2.05) is 43.7 Å². The Kier molecular flexibility index (Phi) is 3.62. The maximum atomic E-state index is 4.36. The molecular weight excluding hydrogens is 198 g/mol. The normalized spacial score (nSPS) is 12.3. The largest absolute Gasteiger partial charge is 0.311 e. The van der Waals surface area contributed by atoms with Crippen molar-refractivity contribution < 1.29 is 0 Å². The van der Waals surface area contributed by atoms with Crippen LogP contribution < -0.4 is 5.32 Å². The highest BCUT2D eigenvalue weighted by Gasteiger charge is 2.10. The SMILES string of the molecule is CNC(Cc1cccnc1)c1ccccn1. The third-order valence-electron chi connectivity index (χ3n) is 2.56. The fourth-order valence-electron chi connectivity index (χ4n) is 1.69. The van der Waals surface area contributed by atoms with Crippen LogP contribution in [0.15, 0.2) is 48.9 Å². The van der Waals surface area contributed by atoms with Crippen molar-refractivity contribution >= 4 is 0 Å². The van der Waals surface area contributed by atoms with Gasteiger partial charge in [0.15, 0.2) is 0 Å². The molecule has 2 aromatic rings. The number of rotatable bonds is 4. The van der Waals surface area contributed by atoms with Crippen molar-refractivity contribution in [2.45, 2.75) is 12.5 Å². The van der Waals surface area contributed by atoms with Gasteiger partial charge in [-0.25, -0.2) is 0 Å². The van der Waals surface area contributed by atoms with Crippen LogP contribution in [0, 0.1) is 0 Å². The second-order valence-electron chi connectivity index (χ2n) is 3.66. The molecule has 0 amide bonds. The van der Waals surface area contributed by atoms with E-state index < -0.39 is 0 Å². The molecule has 0 aromatic carbocycles. The van der Waals surface area contributed by atoms with Gasteiger partial charge in [-0.05, 0) is 37.2 Å². The van der Waals surface area contributed by atoms with E-state index in [1.165, 1.54) is 5.56 Å². The van der Waals surface area contributed by atoms with Gasteiger partial charge in [-0.2, -0.15) is 0 Å². The molecule has 2 heterocycles. The summed E-state index contributed by atoms with van der Waals surface area (Å²) in [6.45, 7) is 0. The van der Waals surface area contributed by atoms with Gasteiger partial charge in [-0.3, -0.25) is 9.97 Å². The quantitative estimate of drug-likeness (QED) is 0.844. The Hall–Kier alpha value is -1.74. The van der Waals surface area contributed by atoms with Crippen molar-refractivity contribution in [2.24, 2.45) is 0 Å². The highest BCUT2D eigenvalue weighted by atomic mass is 14.9. The number of pyridine rings is 2. The lowest BCUT2D eigenvalue weighted by Gasteiger charge is -2.15. The summed E-state index contributed by atoms with van der Waals surface area (Å²) in [7, 11) is 1.95. The van der Waals surface area contributed by atoms with Crippen LogP contribution in [0.4, 0.5) is 0 Å². The Morgan fingerprint density at radius 1 is 1.19 bits per heavy atom. The van der Waals surface area contributed by atoms with Crippen LogP contribution in [0.1, 0.15) is 17.3 Å². The van der Waals surface area contributed by atoms with Crippen LogP contribution in [0.2, 0.25) is 0 Å². The molecule has 2 aromatic heterocycles. The molecule has 0 saturated heterocycles. The first-order valence-corrected chi connectivity index (χ1v) is 5.37. The summed E-state index contributed by atoms with van der Waals surface area (Å²) in [5.74, 6) is 0. The summed E-state index contributed by atoms with van der Waals surface area (Å²) in [6.07, 6.45) is 6.41. The summed E-state index contributed by atoms with van der Waals surface area (Å²) in [4.78, 5) is 8.48. The van der Waals surface area contributed by atoms with Gasteiger partial charge >= 0.3 is 0 Å². The monoisotopic (exact) mass is 213 g/mol. The molecule has 0 aliphatic heterocycles. The second-order valence-corrected chi connectivity index (χ2v) is 3.66. The molecule has 0 saturated carbocycles. The predicted octanol–water partition coefficient (Wildman–Crippen LogP) is 1.98. The molecule has 0 fully saturated rings. The third kappa shape index (κ3) is 2.64. The number of nitrogens with zero attached hydrogens (tertiary/aromatic N) is 2. The van der Waals surface area contributed by atoms with Crippen molar-refractivity contribution in [3.8, 4) is 0 Å². The van der Waals surface area contributed by atoms with Gasteiger partial charge in [0.25, 0.3) is 0 Å². The summed E-state index contributed by atoms with van der Waals surface area (Å²) in [6, 6.07) is 10.3. The molecule has 1 unspecified atom stereocenters. The lowest BCUT2D eigenvalue weighted by Crippen LogP contribution is -2.19. The lowest BCUT2D eigenvalue weighted by atomic mass is 10.0. The molecule has 1 N–H and O–H groups in total. The fraction of sp³-hybridized carbons (Fsp3) is 0.231. The number of nitrogens with one attached hydrogen (secondary N) is 1. The minimum atomic E-state index is 0.241. The Balaban J connectivity index is 2.13. The Morgan fingerprint density at radius 2 is 2.12 bits per heavy atom. The molecule has 1 atom stereocenters. The first-order valence-electron chi connectivity index (χ1n) is 5.37. The maximum absolute atomic E-state index is 4.36. The van der Waals surface area contributed by atoms with E-state index in [2.05, 4.69) is 21.4 Å². The van der Waals surface area contributed by atoms with E-state index in [4.69, 9.17) is 0 Å². The van der Waals surface area contributed by atoms with E-state index in [0.717, 1.165) is 12.1 Å². The van der Waals surface area contributed by atoms with E-state index in [9.17, 15) is 0 Å². The molecule has 3 nitrogen and oxygen atoms in total. The second kappa shape index (κ2) is 5.37. The zero-order valence-corrected chi connectivity index (χ0v) is 9.30. The van der Waals surface area contributed by atoms with E-state index >= 15 is 0 Å². The molecule has 0 aliphatic carbocycles. The van der Waals surface area contributed by atoms with Gasteiger partial charge in [0.05, 0.1) is 11.7 Å². The Morgan fingerprint density at radius 3 is 2.75 bits per heavy atom. The smallest absolute Gasteiger partial charge is 0.0576 e. The average molecular weight is 213 g/mol. The number of likely N-dealkylation sites (N-methyl/N-ethyl adjacent to an activating group) is 1. The van der Waals surface area contributed by atoms with Gasteiger partial charge < -0.3 is 5.32 Å². The van der Waals surface area contributed by atoms with E-state index in [0.29, 0.717) is 0 Å². The molecular formula is C13H15N3. The topological polar surface area (TPSA) is 37.8 Å². The highest BCUT2D eigenvalue weighted by Crippen LogP contribution is 2.14. The van der Waals surface area contributed by atoms with Crippen LogP contribution in [-0.4, -0.2) is 17.0 Å². The maximum Gasteiger partial charge on any atom is 0.0576 e. The van der Waals surface area contributed by atoms with Crippen molar-refractivity contribution in [3.63, 3.8) is 0 Å². The van der Waals surface area contributed by atoms with Gasteiger partial charge in [0.1, 0.15) is 0 Å². The van der Waals surface area contributed by atoms with Gasteiger partial charge in [0, 0.05) is 18.6 Å². The summed E-state index contributed by atoms with van der Waals surface area (Å²) in [5.41, 5.74) is 2.28. The first kappa shape index (κ1) is 10.8. The molecule has 16 heavy (non-hydrogen) atoms. The third-order valence-corrected chi connectivity index (χ3v) is 2.56. The van der Waals surface area contributed by atoms with Crippen molar-refractivity contribution in [1.82, 2.24) is 15.3 Å². The van der Waals surface area contributed by atoms with E-state index in [-0.39, 0.29) is 6.04 Å². The van der Waals surface area contributed by atoms with Crippen LogP contribution >= 0.6 is 0 Å². The summed E-state index contributed by atoms with van der Waals surface area (Å²) in [5, 5.41) is 3.28. The lowest BCUT2D eigenvalue weighted by molar-refractivity contribution is 0.575. The summed E-state index contributed by atoms with van der Waals surface area (Å²) < 4.78 is 0. The predicted molar refractivity (Wildman–Crippen MR) is 64.0 cm³/mol. The van der Waals surface area contributed by atoms with Crippen molar-refractivity contribution in [2.75, 3.05) is 7.05 Å². The van der Waals surface area contributed by atoms with Crippen LogP contribution in [0.5, 0.6) is 0 Å². The summed E-state index contributed by atoms with van der Waals surface area (Å²) >= 11 is 0. The Labute approximate surface area is 95.6 Å². The average Bonchev–Trinajstić information content (AvgIpc) is 2.38. The minimum Gasteiger partial charge on any atom is -0.311 e. The standard InChI is InChI=1S/C13H15N3/c1-14-13(12-6-2-3-8-16-12)9-11-5-4-7-15-10-11/h2-8,10,13-14H,9H2,1H3. The van der Waals surface area contributed by atoms with Gasteiger partial charge in [-0.1, -0.05) is 12.1 Å². The van der Waals surface area contributed by atoms with E-state index in [1.54, 1.807) is 6.20 Å². The molecule has 0 aliphatic rings. The first-order chi connectivity index (χ1) is 7.90. The number of hydrogen-bond acceptors (Lipinski definition) is 3. The number of hydrogen-bond donors (Lipinski definition) is 1. The zero-order valence-electron chi connectivity index (χ0n) is 9.30. The minimum absolute atomic E-state index is 0.241. The van der Waals surface area contributed by atoms with Gasteiger partial charge in [0.2, 0.25) is 0 Å². The molecule has 3 heteroatoms. The molecule has 2 rings (SSSR count). The molecule has 82 valence electrons. The Bertz CT molecular complexity index is 414. The van der Waals surface area contributed by atoms with Crippen molar-refractivity contribution in [3.05, 3.63) is 60.2 Å². The van der Waals surface area contributed by atoms with Crippen LogP contribution in [0.3, 0.4) is 0 Å².